The summed E-state index contributed by atoms with van der Waals surface area (Å²) in [5.41, 5.74) is 2.71. The fourth-order valence-electron chi connectivity index (χ4n) is 2.58. The molecule has 0 spiro atoms. The van der Waals surface area contributed by atoms with Crippen LogP contribution in [0.15, 0.2) is 73.2 Å². The normalized spacial score (nSPS) is 10.2. The Morgan fingerprint density at radius 1 is 0.852 bits per heavy atom. The lowest BCUT2D eigenvalue weighted by molar-refractivity contribution is -0.116. The van der Waals surface area contributed by atoms with Crippen LogP contribution in [0.2, 0.25) is 0 Å². The van der Waals surface area contributed by atoms with E-state index in [1.54, 1.807) is 55.0 Å². The van der Waals surface area contributed by atoms with Crippen LogP contribution in [0.3, 0.4) is 0 Å². The smallest absolute Gasteiger partial charge is 0.255 e. The second-order valence-electron chi connectivity index (χ2n) is 5.99. The second kappa shape index (κ2) is 9.24. The van der Waals surface area contributed by atoms with Crippen molar-refractivity contribution >= 4 is 23.2 Å². The highest BCUT2D eigenvalue weighted by Crippen LogP contribution is 2.14. The number of aromatic nitrogens is 2. The van der Waals surface area contributed by atoms with E-state index in [1.807, 2.05) is 18.2 Å². The van der Waals surface area contributed by atoms with Crippen LogP contribution in [-0.2, 0) is 11.2 Å². The molecule has 0 aliphatic carbocycles. The van der Waals surface area contributed by atoms with Crippen LogP contribution in [0.1, 0.15) is 28.9 Å². The number of benzene rings is 1. The Bertz CT molecular complexity index is 898. The maximum atomic E-state index is 12.3. The van der Waals surface area contributed by atoms with Gasteiger partial charge in [-0.2, -0.15) is 0 Å². The first kappa shape index (κ1) is 18.3. The quantitative estimate of drug-likeness (QED) is 0.673. The number of rotatable bonds is 7. The molecule has 0 radical (unpaired) electrons. The Balaban J connectivity index is 1.52. The first-order chi connectivity index (χ1) is 13.2. The Labute approximate surface area is 157 Å². The lowest BCUT2D eigenvalue weighted by Crippen LogP contribution is -2.14. The number of amides is 2. The average Bonchev–Trinajstić information content (AvgIpc) is 2.70. The number of anilines is 2. The molecule has 0 aliphatic rings. The summed E-state index contributed by atoms with van der Waals surface area (Å²) >= 11 is 0. The molecule has 2 amide bonds. The molecule has 3 aromatic rings. The molecule has 0 saturated heterocycles. The zero-order chi connectivity index (χ0) is 18.9. The van der Waals surface area contributed by atoms with Crippen LogP contribution in [0.25, 0.3) is 0 Å². The number of hydrogen-bond donors (Lipinski definition) is 2. The number of pyridine rings is 2. The number of aryl methyl sites for hydroxylation is 1. The summed E-state index contributed by atoms with van der Waals surface area (Å²) in [6, 6.07) is 16.0. The van der Waals surface area contributed by atoms with E-state index in [-0.39, 0.29) is 11.8 Å². The Morgan fingerprint density at radius 3 is 2.48 bits per heavy atom. The number of nitrogens with one attached hydrogen (secondary N) is 2. The van der Waals surface area contributed by atoms with Gasteiger partial charge in [0, 0.05) is 47.6 Å². The zero-order valence-corrected chi connectivity index (χ0v) is 14.8. The maximum Gasteiger partial charge on any atom is 0.255 e. The molecular formula is C21H20N4O2. The van der Waals surface area contributed by atoms with Gasteiger partial charge in [0.2, 0.25) is 5.91 Å². The van der Waals surface area contributed by atoms with E-state index in [9.17, 15) is 9.59 Å². The Kier molecular flexibility index (Phi) is 6.25. The van der Waals surface area contributed by atoms with E-state index in [0.717, 1.165) is 12.1 Å². The van der Waals surface area contributed by atoms with Gasteiger partial charge in [-0.3, -0.25) is 19.6 Å². The molecule has 6 heteroatoms. The van der Waals surface area contributed by atoms with Crippen molar-refractivity contribution in [1.82, 2.24) is 9.97 Å². The van der Waals surface area contributed by atoms with Gasteiger partial charge in [0.25, 0.3) is 5.91 Å². The molecule has 2 heterocycles. The largest absolute Gasteiger partial charge is 0.326 e. The number of carbonyl (C=O) groups excluding carboxylic acids is 2. The van der Waals surface area contributed by atoms with Crippen molar-refractivity contribution in [1.29, 1.82) is 0 Å². The van der Waals surface area contributed by atoms with E-state index in [0.29, 0.717) is 29.8 Å². The monoisotopic (exact) mass is 360 g/mol. The first-order valence-electron chi connectivity index (χ1n) is 8.72. The molecule has 27 heavy (non-hydrogen) atoms. The van der Waals surface area contributed by atoms with E-state index in [4.69, 9.17) is 0 Å². The van der Waals surface area contributed by atoms with Gasteiger partial charge in [-0.15, -0.1) is 0 Å². The predicted molar refractivity (Wildman–Crippen MR) is 104 cm³/mol. The van der Waals surface area contributed by atoms with Crippen molar-refractivity contribution in [2.24, 2.45) is 0 Å². The SMILES string of the molecule is O=C(CCCc1ccccn1)Nc1cccc(C(=O)Nc2ccncc2)c1. The predicted octanol–water partition coefficient (Wildman–Crippen LogP) is 3.69. The van der Waals surface area contributed by atoms with E-state index >= 15 is 0 Å². The lowest BCUT2D eigenvalue weighted by Gasteiger charge is -2.08. The molecule has 2 N–H and O–H groups in total. The summed E-state index contributed by atoms with van der Waals surface area (Å²) in [5.74, 6) is -0.329. The maximum absolute atomic E-state index is 12.3. The van der Waals surface area contributed by atoms with Gasteiger partial charge >= 0.3 is 0 Å². The Morgan fingerprint density at radius 2 is 1.70 bits per heavy atom. The topological polar surface area (TPSA) is 84.0 Å². The number of carbonyl (C=O) groups is 2. The molecule has 1 aromatic carbocycles. The van der Waals surface area contributed by atoms with E-state index < -0.39 is 0 Å². The third-order valence-electron chi connectivity index (χ3n) is 3.91. The minimum absolute atomic E-state index is 0.0855. The minimum atomic E-state index is -0.243. The highest BCUT2D eigenvalue weighted by atomic mass is 16.2. The summed E-state index contributed by atoms with van der Waals surface area (Å²) in [4.78, 5) is 32.6. The van der Waals surface area contributed by atoms with Crippen molar-refractivity contribution in [3.63, 3.8) is 0 Å². The highest BCUT2D eigenvalue weighted by Gasteiger charge is 2.08. The third kappa shape index (κ3) is 5.74. The minimum Gasteiger partial charge on any atom is -0.326 e. The van der Waals surface area contributed by atoms with Crippen LogP contribution in [0.4, 0.5) is 11.4 Å². The summed E-state index contributed by atoms with van der Waals surface area (Å²) < 4.78 is 0. The number of hydrogen-bond acceptors (Lipinski definition) is 4. The van der Waals surface area contributed by atoms with Gasteiger partial charge < -0.3 is 10.6 Å². The van der Waals surface area contributed by atoms with E-state index in [1.165, 1.54) is 0 Å². The van der Waals surface area contributed by atoms with Gasteiger partial charge in [0.1, 0.15) is 0 Å². The van der Waals surface area contributed by atoms with Crippen LogP contribution in [-0.4, -0.2) is 21.8 Å². The van der Waals surface area contributed by atoms with Crippen molar-refractivity contribution in [3.8, 4) is 0 Å². The summed E-state index contributed by atoms with van der Waals surface area (Å²) in [6.07, 6.45) is 6.82. The molecule has 136 valence electrons. The van der Waals surface area contributed by atoms with Gasteiger partial charge in [-0.05, 0) is 55.3 Å². The molecule has 3 rings (SSSR count). The van der Waals surface area contributed by atoms with Gasteiger partial charge in [-0.1, -0.05) is 12.1 Å². The molecule has 0 unspecified atom stereocenters. The van der Waals surface area contributed by atoms with Gasteiger partial charge in [0.05, 0.1) is 0 Å². The van der Waals surface area contributed by atoms with Crippen molar-refractivity contribution in [2.45, 2.75) is 19.3 Å². The standard InChI is InChI=1S/C21H20N4O2/c26-20(9-4-7-17-6-1-2-12-23-17)24-19-8-3-5-16(15-19)21(27)25-18-10-13-22-14-11-18/h1-3,5-6,8,10-15H,4,7,9H2,(H,24,26)(H,22,25,27). The van der Waals surface area contributed by atoms with Gasteiger partial charge in [-0.25, -0.2) is 0 Å². The van der Waals surface area contributed by atoms with Crippen LogP contribution < -0.4 is 10.6 Å². The Hall–Kier alpha value is -3.54. The summed E-state index contributed by atoms with van der Waals surface area (Å²) in [7, 11) is 0. The third-order valence-corrected chi connectivity index (χ3v) is 3.91. The summed E-state index contributed by atoms with van der Waals surface area (Å²) in [6.45, 7) is 0. The van der Waals surface area contributed by atoms with E-state index in [2.05, 4.69) is 20.6 Å². The molecular weight excluding hydrogens is 340 g/mol. The highest BCUT2D eigenvalue weighted by molar-refractivity contribution is 6.05. The first-order valence-corrected chi connectivity index (χ1v) is 8.72. The molecule has 0 fully saturated rings. The van der Waals surface area contributed by atoms with Crippen molar-refractivity contribution in [2.75, 3.05) is 10.6 Å². The van der Waals surface area contributed by atoms with Crippen LogP contribution in [0, 0.1) is 0 Å². The fraction of sp³-hybridized carbons (Fsp3) is 0.143. The van der Waals surface area contributed by atoms with Crippen molar-refractivity contribution in [3.05, 3.63) is 84.4 Å². The van der Waals surface area contributed by atoms with Crippen LogP contribution in [0.5, 0.6) is 0 Å². The average molecular weight is 360 g/mol. The molecule has 6 nitrogen and oxygen atoms in total. The lowest BCUT2D eigenvalue weighted by atomic mass is 10.1. The zero-order valence-electron chi connectivity index (χ0n) is 14.8. The second-order valence-corrected chi connectivity index (χ2v) is 5.99. The number of nitrogens with zero attached hydrogens (tertiary/aromatic N) is 2. The molecule has 0 saturated carbocycles. The molecule has 0 atom stereocenters. The van der Waals surface area contributed by atoms with Crippen LogP contribution >= 0.6 is 0 Å². The summed E-state index contributed by atoms with van der Waals surface area (Å²) in [5, 5.41) is 5.63. The molecule has 2 aromatic heterocycles. The molecule has 0 aliphatic heterocycles. The fourth-order valence-corrected chi connectivity index (χ4v) is 2.58. The van der Waals surface area contributed by atoms with Gasteiger partial charge in [0.15, 0.2) is 0 Å². The molecule has 0 bridgehead atoms. The van der Waals surface area contributed by atoms with Crippen molar-refractivity contribution < 1.29 is 9.59 Å².